The molecule has 1 aromatic heterocycles. The molecule has 0 radical (unpaired) electrons. The van der Waals surface area contributed by atoms with E-state index in [4.69, 9.17) is 16.0 Å². The monoisotopic (exact) mass is 341 g/mol. The van der Waals surface area contributed by atoms with Gasteiger partial charge in [0.25, 0.3) is 5.91 Å². The van der Waals surface area contributed by atoms with Gasteiger partial charge in [-0.15, -0.1) is 11.6 Å². The first-order valence-corrected chi connectivity index (χ1v) is 7.17. The first kappa shape index (κ1) is 14.2. The Hall–Kier alpha value is -1.26. The number of halogens is 2. The molecule has 0 spiro atoms. The van der Waals surface area contributed by atoms with Crippen molar-refractivity contribution in [1.29, 1.82) is 0 Å². The van der Waals surface area contributed by atoms with E-state index in [1.54, 1.807) is 6.07 Å². The fourth-order valence-corrected chi connectivity index (χ4v) is 2.37. The summed E-state index contributed by atoms with van der Waals surface area (Å²) in [5.41, 5.74) is 1.61. The molecule has 5 heteroatoms. The highest BCUT2D eigenvalue weighted by atomic mass is 79.9. The second kappa shape index (κ2) is 6.78. The molecule has 1 aromatic carbocycles. The van der Waals surface area contributed by atoms with Crippen LogP contribution in [0.25, 0.3) is 0 Å². The van der Waals surface area contributed by atoms with Crippen molar-refractivity contribution in [3.8, 4) is 0 Å². The minimum Gasteiger partial charge on any atom is -0.457 e. The normalized spacial score (nSPS) is 12.1. The van der Waals surface area contributed by atoms with Crippen LogP contribution < -0.4 is 5.32 Å². The molecular weight excluding hydrogens is 330 g/mol. The van der Waals surface area contributed by atoms with Gasteiger partial charge >= 0.3 is 0 Å². The summed E-state index contributed by atoms with van der Waals surface area (Å²) in [4.78, 5) is 12.0. The molecule has 0 aliphatic rings. The Labute approximate surface area is 125 Å². The second-order valence-electron chi connectivity index (χ2n) is 4.12. The number of carbonyl (C=O) groups is 1. The fourth-order valence-electron chi connectivity index (χ4n) is 1.76. The smallest absolute Gasteiger partial charge is 0.256 e. The van der Waals surface area contributed by atoms with Crippen LogP contribution in [0.2, 0.25) is 0 Å². The van der Waals surface area contributed by atoms with Crippen molar-refractivity contribution in [2.45, 2.75) is 12.5 Å². The topological polar surface area (TPSA) is 42.2 Å². The third-order valence-electron chi connectivity index (χ3n) is 2.71. The molecule has 1 heterocycles. The van der Waals surface area contributed by atoms with E-state index in [-0.39, 0.29) is 11.9 Å². The molecule has 0 saturated carbocycles. The van der Waals surface area contributed by atoms with E-state index < -0.39 is 0 Å². The second-order valence-corrected chi connectivity index (χ2v) is 5.15. The zero-order valence-corrected chi connectivity index (χ0v) is 12.4. The molecule has 0 saturated heterocycles. The van der Waals surface area contributed by atoms with Crippen LogP contribution in [0.1, 0.15) is 15.9 Å². The van der Waals surface area contributed by atoms with E-state index in [1.807, 2.05) is 30.3 Å². The van der Waals surface area contributed by atoms with Crippen LogP contribution in [0.5, 0.6) is 0 Å². The van der Waals surface area contributed by atoms with Gasteiger partial charge in [-0.3, -0.25) is 4.79 Å². The van der Waals surface area contributed by atoms with Gasteiger partial charge in [-0.1, -0.05) is 30.3 Å². The summed E-state index contributed by atoms with van der Waals surface area (Å²) in [6, 6.07) is 11.4. The molecule has 1 atom stereocenters. The molecule has 1 amide bonds. The van der Waals surface area contributed by atoms with Crippen molar-refractivity contribution in [3.63, 3.8) is 0 Å². The van der Waals surface area contributed by atoms with Crippen molar-refractivity contribution < 1.29 is 9.21 Å². The molecule has 3 nitrogen and oxygen atoms in total. The average Bonchev–Trinajstić information content (AvgIpc) is 2.85. The van der Waals surface area contributed by atoms with Gasteiger partial charge < -0.3 is 9.73 Å². The molecule has 0 fully saturated rings. The van der Waals surface area contributed by atoms with E-state index >= 15 is 0 Å². The summed E-state index contributed by atoms with van der Waals surface area (Å²) in [6.07, 6.45) is 2.16. The van der Waals surface area contributed by atoms with Gasteiger partial charge in [0, 0.05) is 11.9 Å². The molecule has 0 aliphatic heterocycles. The van der Waals surface area contributed by atoms with Gasteiger partial charge in [0.05, 0.1) is 11.8 Å². The van der Waals surface area contributed by atoms with E-state index in [2.05, 4.69) is 21.2 Å². The van der Waals surface area contributed by atoms with Gasteiger partial charge in [0.15, 0.2) is 4.67 Å². The minimum absolute atomic E-state index is 0.113. The Kier molecular flexibility index (Phi) is 5.05. The van der Waals surface area contributed by atoms with E-state index in [0.29, 0.717) is 22.5 Å². The number of rotatable bonds is 5. The van der Waals surface area contributed by atoms with Crippen LogP contribution in [0.15, 0.2) is 51.7 Å². The molecule has 1 N–H and O–H groups in total. The standard InChI is InChI=1S/C14H13BrClNO2/c15-13-12(6-7-19-13)14(18)17-11(9-16)8-10-4-2-1-3-5-10/h1-7,11H,8-9H2,(H,17,18). The van der Waals surface area contributed by atoms with Crippen LogP contribution in [-0.2, 0) is 6.42 Å². The minimum atomic E-state index is -0.192. The van der Waals surface area contributed by atoms with Gasteiger partial charge in [0.2, 0.25) is 0 Å². The van der Waals surface area contributed by atoms with Crippen LogP contribution in [-0.4, -0.2) is 17.8 Å². The van der Waals surface area contributed by atoms with Gasteiger partial charge in [0.1, 0.15) is 0 Å². The molecule has 2 rings (SSSR count). The Morgan fingerprint density at radius 1 is 1.32 bits per heavy atom. The maximum absolute atomic E-state index is 12.0. The zero-order valence-electron chi connectivity index (χ0n) is 10.1. The maximum atomic E-state index is 12.0. The lowest BCUT2D eigenvalue weighted by Crippen LogP contribution is -2.37. The fraction of sp³-hybridized carbons (Fsp3) is 0.214. The lowest BCUT2D eigenvalue weighted by atomic mass is 10.1. The van der Waals surface area contributed by atoms with E-state index in [9.17, 15) is 4.79 Å². The summed E-state index contributed by atoms with van der Waals surface area (Å²) >= 11 is 9.10. The lowest BCUT2D eigenvalue weighted by molar-refractivity contribution is 0.0939. The first-order chi connectivity index (χ1) is 9.20. The zero-order chi connectivity index (χ0) is 13.7. The molecule has 2 aromatic rings. The van der Waals surface area contributed by atoms with Crippen molar-refractivity contribution in [3.05, 3.63) is 58.5 Å². The molecular formula is C14H13BrClNO2. The average molecular weight is 343 g/mol. The van der Waals surface area contributed by atoms with Crippen LogP contribution >= 0.6 is 27.5 Å². The lowest BCUT2D eigenvalue weighted by Gasteiger charge is -2.15. The summed E-state index contributed by atoms with van der Waals surface area (Å²) < 4.78 is 5.47. The summed E-state index contributed by atoms with van der Waals surface area (Å²) in [5, 5.41) is 2.90. The molecule has 0 bridgehead atoms. The number of nitrogens with one attached hydrogen (secondary N) is 1. The Morgan fingerprint density at radius 3 is 2.63 bits per heavy atom. The summed E-state index contributed by atoms with van der Waals surface area (Å²) in [5.74, 6) is 0.165. The predicted octanol–water partition coefficient (Wildman–Crippen LogP) is 3.62. The first-order valence-electron chi connectivity index (χ1n) is 5.84. The molecule has 100 valence electrons. The molecule has 1 unspecified atom stereocenters. The number of furan rings is 1. The highest BCUT2D eigenvalue weighted by molar-refractivity contribution is 9.10. The number of alkyl halides is 1. The summed E-state index contributed by atoms with van der Waals surface area (Å²) in [6.45, 7) is 0. The highest BCUT2D eigenvalue weighted by Crippen LogP contribution is 2.17. The van der Waals surface area contributed by atoms with Crippen molar-refractivity contribution >= 4 is 33.4 Å². The number of carbonyl (C=O) groups excluding carboxylic acids is 1. The number of hydrogen-bond acceptors (Lipinski definition) is 2. The van der Waals surface area contributed by atoms with Crippen LogP contribution in [0.4, 0.5) is 0 Å². The number of hydrogen-bond donors (Lipinski definition) is 1. The highest BCUT2D eigenvalue weighted by Gasteiger charge is 2.17. The van der Waals surface area contributed by atoms with E-state index in [0.717, 1.165) is 5.56 Å². The third kappa shape index (κ3) is 3.85. The van der Waals surface area contributed by atoms with Crippen molar-refractivity contribution in [2.75, 3.05) is 5.88 Å². The predicted molar refractivity (Wildman–Crippen MR) is 78.5 cm³/mol. The maximum Gasteiger partial charge on any atom is 0.256 e. The summed E-state index contributed by atoms with van der Waals surface area (Å²) in [7, 11) is 0. The Bertz CT molecular complexity index is 541. The van der Waals surface area contributed by atoms with Gasteiger partial charge in [-0.2, -0.15) is 0 Å². The third-order valence-corrected chi connectivity index (χ3v) is 3.70. The van der Waals surface area contributed by atoms with Crippen LogP contribution in [0.3, 0.4) is 0 Å². The quantitative estimate of drug-likeness (QED) is 0.843. The van der Waals surface area contributed by atoms with Gasteiger partial charge in [-0.25, -0.2) is 0 Å². The Balaban J connectivity index is 2.00. The Morgan fingerprint density at radius 2 is 2.05 bits per heavy atom. The number of benzene rings is 1. The molecule has 0 aliphatic carbocycles. The van der Waals surface area contributed by atoms with Crippen molar-refractivity contribution in [1.82, 2.24) is 5.32 Å². The SMILES string of the molecule is O=C(NC(CCl)Cc1ccccc1)c1ccoc1Br. The van der Waals surface area contributed by atoms with Crippen molar-refractivity contribution in [2.24, 2.45) is 0 Å². The van der Waals surface area contributed by atoms with Gasteiger partial charge in [-0.05, 0) is 34.0 Å². The molecule has 19 heavy (non-hydrogen) atoms. The van der Waals surface area contributed by atoms with E-state index in [1.165, 1.54) is 6.26 Å². The largest absolute Gasteiger partial charge is 0.457 e. The van der Waals surface area contributed by atoms with Crippen LogP contribution in [0, 0.1) is 0 Å². The number of amides is 1.